The molecule has 1 aromatic carbocycles. The highest BCUT2D eigenvalue weighted by molar-refractivity contribution is 5.67. The highest BCUT2D eigenvalue weighted by Gasteiger charge is 2.15. The molecule has 1 aliphatic rings. The van der Waals surface area contributed by atoms with Crippen LogP contribution < -0.4 is 21.1 Å². The second kappa shape index (κ2) is 3.41. The Bertz CT molecular complexity index is 378. The topological polar surface area (TPSA) is 95.2 Å². The minimum absolute atomic E-state index is 0.476. The van der Waals surface area contributed by atoms with Gasteiger partial charge < -0.3 is 21.1 Å². The van der Waals surface area contributed by atoms with Gasteiger partial charge in [-0.2, -0.15) is 0 Å². The van der Waals surface area contributed by atoms with Gasteiger partial charge in [0, 0.05) is 6.07 Å². The van der Waals surface area contributed by atoms with E-state index in [9.17, 15) is 0 Å². The molecule has 1 heterocycles. The molecule has 0 saturated carbocycles. The summed E-state index contributed by atoms with van der Waals surface area (Å²) in [5, 5.41) is 6.83. The highest BCUT2D eigenvalue weighted by atomic mass is 16.6. The van der Waals surface area contributed by atoms with Crippen LogP contribution in [0.15, 0.2) is 22.5 Å². The zero-order valence-corrected chi connectivity index (χ0v) is 7.43. The van der Waals surface area contributed by atoms with E-state index in [0.717, 1.165) is 0 Å². The predicted octanol–water partition coefficient (Wildman–Crippen LogP) is 0.997. The number of nitrogens with zero attached hydrogens (tertiary/aromatic N) is 2. The van der Waals surface area contributed by atoms with E-state index in [-0.39, 0.29) is 0 Å². The van der Waals surface area contributed by atoms with Gasteiger partial charge in [0.05, 0.1) is 11.4 Å². The second-order valence-electron chi connectivity index (χ2n) is 2.77. The Balaban J connectivity index is 2.46. The summed E-state index contributed by atoms with van der Waals surface area (Å²) in [7, 11) is 0. The van der Waals surface area contributed by atoms with Crippen LogP contribution in [0, 0.1) is 0 Å². The number of hydrogen-bond acceptors (Lipinski definition) is 5. The van der Waals surface area contributed by atoms with Crippen LogP contribution in [0.1, 0.15) is 0 Å². The summed E-state index contributed by atoms with van der Waals surface area (Å²) in [6.45, 7) is 1.02. The van der Waals surface area contributed by atoms with Crippen molar-refractivity contribution in [1.29, 1.82) is 0 Å². The van der Waals surface area contributed by atoms with Gasteiger partial charge in [-0.25, -0.2) is 0 Å². The van der Waals surface area contributed by atoms with E-state index in [0.29, 0.717) is 36.1 Å². The van der Waals surface area contributed by atoms with Gasteiger partial charge in [0.15, 0.2) is 11.5 Å². The van der Waals surface area contributed by atoms with E-state index >= 15 is 0 Å². The van der Waals surface area contributed by atoms with Gasteiger partial charge in [-0.05, 0) is 6.07 Å². The standard InChI is InChI=1S/C8H10N4O2/c9-6-3-5(11-12-10)4-7-8(6)14-2-1-13-7/h3-4H,1-2,9H2,(H2,10,11). The number of hydrogen-bond donors (Lipinski definition) is 2. The molecule has 0 radical (unpaired) electrons. The molecule has 0 spiro atoms. The molecule has 74 valence electrons. The molecule has 0 unspecified atom stereocenters. The fraction of sp³-hybridized carbons (Fsp3) is 0.250. The lowest BCUT2D eigenvalue weighted by Gasteiger charge is -2.19. The summed E-state index contributed by atoms with van der Waals surface area (Å²) in [6.07, 6.45) is 0. The third-order valence-electron chi connectivity index (χ3n) is 1.83. The van der Waals surface area contributed by atoms with Crippen LogP contribution >= 0.6 is 0 Å². The van der Waals surface area contributed by atoms with Crippen LogP contribution in [0.3, 0.4) is 0 Å². The first-order valence-electron chi connectivity index (χ1n) is 4.11. The molecule has 1 aromatic rings. The minimum atomic E-state index is 0.476. The maximum Gasteiger partial charge on any atom is 0.184 e. The third kappa shape index (κ3) is 1.41. The largest absolute Gasteiger partial charge is 0.486 e. The van der Waals surface area contributed by atoms with Gasteiger partial charge in [0.1, 0.15) is 13.2 Å². The van der Waals surface area contributed by atoms with E-state index < -0.39 is 0 Å². The monoisotopic (exact) mass is 194 g/mol. The van der Waals surface area contributed by atoms with E-state index in [1.807, 2.05) is 0 Å². The number of ether oxygens (including phenoxy) is 2. The van der Waals surface area contributed by atoms with E-state index in [1.54, 1.807) is 12.1 Å². The van der Waals surface area contributed by atoms with Gasteiger partial charge in [0.25, 0.3) is 0 Å². The zero-order chi connectivity index (χ0) is 9.97. The van der Waals surface area contributed by atoms with Gasteiger partial charge in [-0.1, -0.05) is 5.22 Å². The molecular weight excluding hydrogens is 184 g/mol. The SMILES string of the molecule is NN=Nc1cc(N)c2c(c1)OCCO2. The predicted molar refractivity (Wildman–Crippen MR) is 50.5 cm³/mol. The molecule has 0 aliphatic carbocycles. The lowest BCUT2D eigenvalue weighted by molar-refractivity contribution is 0.173. The van der Waals surface area contributed by atoms with Crippen LogP contribution in [0.4, 0.5) is 11.4 Å². The first-order chi connectivity index (χ1) is 6.81. The lowest BCUT2D eigenvalue weighted by atomic mass is 10.2. The van der Waals surface area contributed by atoms with Crippen molar-refractivity contribution in [3.8, 4) is 11.5 Å². The Labute approximate surface area is 80.5 Å². The molecular formula is C8H10N4O2. The fourth-order valence-corrected chi connectivity index (χ4v) is 1.29. The summed E-state index contributed by atoms with van der Waals surface area (Å²) in [5.41, 5.74) is 6.75. The zero-order valence-electron chi connectivity index (χ0n) is 7.43. The number of rotatable bonds is 1. The first kappa shape index (κ1) is 8.61. The Kier molecular flexibility index (Phi) is 2.10. The summed E-state index contributed by atoms with van der Waals surface area (Å²) >= 11 is 0. The van der Waals surface area contributed by atoms with Gasteiger partial charge in [-0.3, -0.25) is 0 Å². The van der Waals surface area contributed by atoms with E-state index in [2.05, 4.69) is 10.3 Å². The Morgan fingerprint density at radius 1 is 1.21 bits per heavy atom. The number of benzene rings is 1. The number of anilines is 1. The van der Waals surface area contributed by atoms with E-state index in [4.69, 9.17) is 21.1 Å². The maximum atomic E-state index is 5.72. The molecule has 14 heavy (non-hydrogen) atoms. The Hall–Kier alpha value is -1.98. The summed E-state index contributed by atoms with van der Waals surface area (Å²) in [6, 6.07) is 3.31. The van der Waals surface area contributed by atoms with Crippen LogP contribution in [-0.2, 0) is 0 Å². The maximum absolute atomic E-state index is 5.72. The summed E-state index contributed by atoms with van der Waals surface area (Å²) in [4.78, 5) is 0. The van der Waals surface area contributed by atoms with Crippen molar-refractivity contribution in [3.05, 3.63) is 12.1 Å². The molecule has 0 fully saturated rings. The van der Waals surface area contributed by atoms with Crippen LogP contribution in [0.25, 0.3) is 0 Å². The second-order valence-corrected chi connectivity index (χ2v) is 2.77. The normalized spacial score (nSPS) is 14.6. The van der Waals surface area contributed by atoms with E-state index in [1.165, 1.54) is 0 Å². The van der Waals surface area contributed by atoms with Crippen LogP contribution in [0.2, 0.25) is 0 Å². The van der Waals surface area contributed by atoms with Crippen molar-refractivity contribution in [2.45, 2.75) is 0 Å². The molecule has 0 saturated heterocycles. The van der Waals surface area contributed by atoms with Crippen molar-refractivity contribution in [2.75, 3.05) is 18.9 Å². The average Bonchev–Trinajstić information content (AvgIpc) is 2.18. The summed E-state index contributed by atoms with van der Waals surface area (Å²) in [5.74, 6) is 6.08. The molecule has 0 atom stereocenters. The summed E-state index contributed by atoms with van der Waals surface area (Å²) < 4.78 is 10.7. The van der Waals surface area contributed by atoms with Crippen molar-refractivity contribution in [1.82, 2.24) is 0 Å². The minimum Gasteiger partial charge on any atom is -0.486 e. The molecule has 1 aliphatic heterocycles. The smallest absolute Gasteiger partial charge is 0.184 e. The average molecular weight is 194 g/mol. The molecule has 0 amide bonds. The molecule has 6 nitrogen and oxygen atoms in total. The van der Waals surface area contributed by atoms with Gasteiger partial charge in [0.2, 0.25) is 0 Å². The number of nitrogen functional groups attached to an aromatic ring is 1. The van der Waals surface area contributed by atoms with Crippen molar-refractivity contribution in [3.63, 3.8) is 0 Å². The quantitative estimate of drug-likeness (QED) is 0.301. The fourth-order valence-electron chi connectivity index (χ4n) is 1.29. The van der Waals surface area contributed by atoms with Gasteiger partial charge >= 0.3 is 0 Å². The molecule has 0 bridgehead atoms. The van der Waals surface area contributed by atoms with Crippen molar-refractivity contribution in [2.24, 2.45) is 16.2 Å². The molecule has 4 N–H and O–H groups in total. The van der Waals surface area contributed by atoms with Crippen molar-refractivity contribution < 1.29 is 9.47 Å². The van der Waals surface area contributed by atoms with Crippen molar-refractivity contribution >= 4 is 11.4 Å². The molecule has 6 heteroatoms. The van der Waals surface area contributed by atoms with Crippen LogP contribution in [-0.4, -0.2) is 13.2 Å². The van der Waals surface area contributed by atoms with Crippen LogP contribution in [0.5, 0.6) is 11.5 Å². The third-order valence-corrected chi connectivity index (χ3v) is 1.83. The molecule has 2 rings (SSSR count). The first-order valence-corrected chi connectivity index (χ1v) is 4.11. The highest BCUT2D eigenvalue weighted by Crippen LogP contribution is 2.39. The number of fused-ring (bicyclic) bond motifs is 1. The molecule has 0 aromatic heterocycles. The Morgan fingerprint density at radius 3 is 2.79 bits per heavy atom. The lowest BCUT2D eigenvalue weighted by Crippen LogP contribution is -2.16. The van der Waals surface area contributed by atoms with Gasteiger partial charge in [-0.15, -0.1) is 5.11 Å². The Morgan fingerprint density at radius 2 is 2.00 bits per heavy atom. The number of nitrogens with two attached hydrogens (primary N) is 2.